The van der Waals surface area contributed by atoms with Crippen LogP contribution in [0, 0.1) is 0 Å². The molecule has 0 fully saturated rings. The van der Waals surface area contributed by atoms with E-state index < -0.39 is 0 Å². The van der Waals surface area contributed by atoms with Gasteiger partial charge in [0.15, 0.2) is 0 Å². The Morgan fingerprint density at radius 1 is 1.25 bits per heavy atom. The first-order valence-corrected chi connectivity index (χ1v) is 6.08. The van der Waals surface area contributed by atoms with Crippen molar-refractivity contribution in [2.24, 2.45) is 0 Å². The highest BCUT2D eigenvalue weighted by Crippen LogP contribution is 2.21. The van der Waals surface area contributed by atoms with Gasteiger partial charge in [0.05, 0.1) is 5.52 Å². The normalized spacial score (nSPS) is 13.4. The summed E-state index contributed by atoms with van der Waals surface area (Å²) in [6.07, 6.45) is 6.26. The topological polar surface area (TPSA) is 4.93 Å². The van der Waals surface area contributed by atoms with E-state index >= 15 is 0 Å². The first-order valence-electron chi connectivity index (χ1n) is 5.29. The maximum absolute atomic E-state index is 3.50. The van der Waals surface area contributed by atoms with E-state index in [0.29, 0.717) is 0 Å². The van der Waals surface area contributed by atoms with Crippen LogP contribution in [0.15, 0.2) is 53.2 Å². The van der Waals surface area contributed by atoms with Crippen molar-refractivity contribution in [3.63, 3.8) is 0 Å². The van der Waals surface area contributed by atoms with Gasteiger partial charge in [-0.3, -0.25) is 0 Å². The van der Waals surface area contributed by atoms with Gasteiger partial charge >= 0.3 is 0 Å². The minimum atomic E-state index is 1.10. The fourth-order valence-electron chi connectivity index (χ4n) is 1.74. The molecule has 0 aliphatic carbocycles. The van der Waals surface area contributed by atoms with Crippen molar-refractivity contribution >= 4 is 32.5 Å². The number of hydrogen-bond acceptors (Lipinski definition) is 0. The second kappa shape index (κ2) is 4.71. The summed E-state index contributed by atoms with van der Waals surface area (Å²) in [5.74, 6) is 0. The summed E-state index contributed by atoms with van der Waals surface area (Å²) in [5.41, 5.74) is 2.44. The first-order chi connectivity index (χ1) is 7.72. The fourth-order valence-corrected chi connectivity index (χ4v) is 2.07. The predicted molar refractivity (Wildman–Crippen MR) is 74.6 cm³/mol. The van der Waals surface area contributed by atoms with Gasteiger partial charge in [-0.1, -0.05) is 40.2 Å². The number of rotatable bonds is 2. The number of nitrogens with zero attached hydrogens (tertiary/aromatic N) is 1. The van der Waals surface area contributed by atoms with E-state index in [1.54, 1.807) is 0 Å². The third kappa shape index (κ3) is 2.12. The van der Waals surface area contributed by atoms with Crippen molar-refractivity contribution < 1.29 is 0 Å². The van der Waals surface area contributed by atoms with E-state index in [1.807, 2.05) is 13.0 Å². The Balaban J connectivity index is 2.52. The number of allylic oxidation sites excluding steroid dienone is 4. The molecule has 0 bridgehead atoms. The highest BCUT2D eigenvalue weighted by Gasteiger charge is 2.00. The second-order valence-corrected chi connectivity index (χ2v) is 4.62. The lowest BCUT2D eigenvalue weighted by Crippen LogP contribution is -1.90. The SMILES string of the molecule is CC=C(Br)C=C(C)n1ccc2ccccc21. The van der Waals surface area contributed by atoms with E-state index in [9.17, 15) is 0 Å². The quantitative estimate of drug-likeness (QED) is 0.694. The molecule has 1 heterocycles. The summed E-state index contributed by atoms with van der Waals surface area (Å²) in [6.45, 7) is 4.12. The third-order valence-corrected chi connectivity index (χ3v) is 3.29. The lowest BCUT2D eigenvalue weighted by atomic mass is 10.2. The molecule has 2 heteroatoms. The van der Waals surface area contributed by atoms with Crippen LogP contribution in [0.2, 0.25) is 0 Å². The summed E-state index contributed by atoms with van der Waals surface area (Å²) in [5, 5.41) is 1.27. The van der Waals surface area contributed by atoms with Crippen molar-refractivity contribution in [1.82, 2.24) is 4.57 Å². The molecule has 0 aliphatic rings. The second-order valence-electron chi connectivity index (χ2n) is 3.70. The monoisotopic (exact) mass is 275 g/mol. The van der Waals surface area contributed by atoms with Crippen LogP contribution in [0.5, 0.6) is 0 Å². The summed E-state index contributed by atoms with van der Waals surface area (Å²) in [4.78, 5) is 0. The molecule has 0 N–H and O–H groups in total. The van der Waals surface area contributed by atoms with Crippen LogP contribution < -0.4 is 0 Å². The molecule has 1 aromatic heterocycles. The maximum Gasteiger partial charge on any atom is 0.0525 e. The van der Waals surface area contributed by atoms with Gasteiger partial charge in [-0.15, -0.1) is 0 Å². The molecule has 82 valence electrons. The first kappa shape index (κ1) is 11.2. The lowest BCUT2D eigenvalue weighted by molar-refractivity contribution is 1.15. The molecule has 0 spiro atoms. The summed E-state index contributed by atoms with van der Waals surface area (Å²) in [7, 11) is 0. The van der Waals surface area contributed by atoms with Gasteiger partial charge < -0.3 is 4.57 Å². The molecule has 1 aromatic carbocycles. The van der Waals surface area contributed by atoms with E-state index in [-0.39, 0.29) is 0 Å². The molecule has 0 saturated heterocycles. The minimum absolute atomic E-state index is 1.10. The van der Waals surface area contributed by atoms with Crippen LogP contribution in [-0.2, 0) is 0 Å². The molecule has 2 aromatic rings. The van der Waals surface area contributed by atoms with E-state index in [0.717, 1.165) is 4.48 Å². The van der Waals surface area contributed by atoms with Crippen molar-refractivity contribution in [2.45, 2.75) is 13.8 Å². The van der Waals surface area contributed by atoms with Gasteiger partial charge in [-0.05, 0) is 37.4 Å². The van der Waals surface area contributed by atoms with Gasteiger partial charge in [0.1, 0.15) is 0 Å². The predicted octanol–water partition coefficient (Wildman–Crippen LogP) is 4.80. The Labute approximate surface area is 104 Å². The lowest BCUT2D eigenvalue weighted by Gasteiger charge is -2.05. The highest BCUT2D eigenvalue weighted by molar-refractivity contribution is 9.11. The van der Waals surface area contributed by atoms with Crippen LogP contribution in [0.1, 0.15) is 13.8 Å². The molecule has 0 saturated carbocycles. The number of fused-ring (bicyclic) bond motifs is 1. The molecule has 16 heavy (non-hydrogen) atoms. The van der Waals surface area contributed by atoms with E-state index in [1.165, 1.54) is 16.6 Å². The van der Waals surface area contributed by atoms with E-state index in [4.69, 9.17) is 0 Å². The molecule has 2 rings (SSSR count). The Morgan fingerprint density at radius 2 is 2.00 bits per heavy atom. The van der Waals surface area contributed by atoms with Crippen LogP contribution >= 0.6 is 15.9 Å². The van der Waals surface area contributed by atoms with Gasteiger partial charge in [0, 0.05) is 16.4 Å². The Kier molecular flexibility index (Phi) is 3.30. The summed E-state index contributed by atoms with van der Waals surface area (Å²) in [6, 6.07) is 10.5. The summed E-state index contributed by atoms with van der Waals surface area (Å²) >= 11 is 3.50. The zero-order chi connectivity index (χ0) is 11.5. The number of hydrogen-bond donors (Lipinski definition) is 0. The average molecular weight is 276 g/mol. The van der Waals surface area contributed by atoms with Gasteiger partial charge in [0.25, 0.3) is 0 Å². The Bertz CT molecular complexity index is 561. The molecule has 0 atom stereocenters. The molecule has 0 aliphatic heterocycles. The van der Waals surface area contributed by atoms with Crippen molar-refractivity contribution in [2.75, 3.05) is 0 Å². The number of benzene rings is 1. The smallest absolute Gasteiger partial charge is 0.0525 e. The number of para-hydroxylation sites is 1. The minimum Gasteiger partial charge on any atom is -0.321 e. The van der Waals surface area contributed by atoms with Crippen molar-refractivity contribution in [3.05, 3.63) is 53.2 Å². The standard InChI is InChI=1S/C14H14BrN/c1-3-13(15)10-11(2)16-9-8-12-6-4-5-7-14(12)16/h3-10H,1-2H3. The largest absolute Gasteiger partial charge is 0.321 e. The zero-order valence-corrected chi connectivity index (χ0v) is 11.0. The van der Waals surface area contributed by atoms with Crippen LogP contribution in [0.4, 0.5) is 0 Å². The van der Waals surface area contributed by atoms with Crippen molar-refractivity contribution in [3.8, 4) is 0 Å². The fraction of sp³-hybridized carbons (Fsp3) is 0.143. The third-order valence-electron chi connectivity index (χ3n) is 2.60. The van der Waals surface area contributed by atoms with Crippen LogP contribution in [-0.4, -0.2) is 4.57 Å². The molecular formula is C14H14BrN. The van der Waals surface area contributed by atoms with Gasteiger partial charge in [0.2, 0.25) is 0 Å². The van der Waals surface area contributed by atoms with E-state index in [2.05, 4.69) is 70.0 Å². The highest BCUT2D eigenvalue weighted by atomic mass is 79.9. The zero-order valence-electron chi connectivity index (χ0n) is 9.44. The van der Waals surface area contributed by atoms with Gasteiger partial charge in [-0.2, -0.15) is 0 Å². The Morgan fingerprint density at radius 3 is 2.75 bits per heavy atom. The average Bonchev–Trinajstić information content (AvgIpc) is 2.72. The van der Waals surface area contributed by atoms with Crippen LogP contribution in [0.25, 0.3) is 16.6 Å². The molecule has 0 amide bonds. The maximum atomic E-state index is 3.50. The number of halogens is 1. The number of aromatic nitrogens is 1. The van der Waals surface area contributed by atoms with Crippen LogP contribution in [0.3, 0.4) is 0 Å². The van der Waals surface area contributed by atoms with Gasteiger partial charge in [-0.25, -0.2) is 0 Å². The van der Waals surface area contributed by atoms with Crippen molar-refractivity contribution in [1.29, 1.82) is 0 Å². The molecule has 1 nitrogen and oxygen atoms in total. The molecule has 0 unspecified atom stereocenters. The molecule has 0 radical (unpaired) electrons. The Hall–Kier alpha value is -1.28. The molecular weight excluding hydrogens is 262 g/mol. The summed E-state index contributed by atoms with van der Waals surface area (Å²) < 4.78 is 3.29.